The number of imidazole rings is 1. The lowest BCUT2D eigenvalue weighted by atomic mass is 10.1. The summed E-state index contributed by atoms with van der Waals surface area (Å²) in [5.41, 5.74) is 5.04. The first-order valence-electron chi connectivity index (χ1n) is 11.2. The molecule has 0 bridgehead atoms. The Kier molecular flexibility index (Phi) is 6.12. The van der Waals surface area contributed by atoms with Crippen molar-refractivity contribution in [2.45, 2.75) is 46.6 Å². The van der Waals surface area contributed by atoms with E-state index in [2.05, 4.69) is 31.3 Å². The molecule has 0 unspecified atom stereocenters. The second-order valence-corrected chi connectivity index (χ2v) is 8.85. The van der Waals surface area contributed by atoms with Crippen LogP contribution >= 0.6 is 0 Å². The first-order valence-corrected chi connectivity index (χ1v) is 11.2. The lowest BCUT2D eigenvalue weighted by Crippen LogP contribution is -2.41. The number of hydrogen-bond acceptors (Lipinski definition) is 3. The number of anilines is 1. The monoisotopic (exact) mass is 430 g/mol. The molecule has 4 rings (SSSR count). The van der Waals surface area contributed by atoms with Crippen molar-refractivity contribution in [1.29, 1.82) is 0 Å². The van der Waals surface area contributed by atoms with Gasteiger partial charge in [-0.25, -0.2) is 4.98 Å². The van der Waals surface area contributed by atoms with Gasteiger partial charge in [-0.2, -0.15) is 0 Å². The van der Waals surface area contributed by atoms with Crippen LogP contribution in [0.2, 0.25) is 0 Å². The van der Waals surface area contributed by atoms with Crippen LogP contribution in [0.25, 0.3) is 16.9 Å². The molecule has 0 spiro atoms. The Morgan fingerprint density at radius 2 is 1.81 bits per heavy atom. The quantitative estimate of drug-likeness (QED) is 0.589. The van der Waals surface area contributed by atoms with Crippen LogP contribution in [0.1, 0.15) is 37.8 Å². The van der Waals surface area contributed by atoms with Crippen LogP contribution in [0.15, 0.2) is 54.7 Å². The molecule has 6 nitrogen and oxygen atoms in total. The number of benzene rings is 2. The van der Waals surface area contributed by atoms with Gasteiger partial charge in [0.25, 0.3) is 0 Å². The molecule has 1 N–H and O–H groups in total. The smallest absolute Gasteiger partial charge is 0.246 e. The van der Waals surface area contributed by atoms with E-state index in [4.69, 9.17) is 4.98 Å². The van der Waals surface area contributed by atoms with E-state index in [1.54, 1.807) is 4.90 Å². The second kappa shape index (κ2) is 8.99. The van der Waals surface area contributed by atoms with Gasteiger partial charge in [0.15, 0.2) is 0 Å². The van der Waals surface area contributed by atoms with Crippen LogP contribution in [0.4, 0.5) is 5.95 Å². The molecule has 1 aromatic heterocycles. The average Bonchev–Trinajstić information content (AvgIpc) is 3.54. The normalized spacial score (nSPS) is 13.3. The van der Waals surface area contributed by atoms with Crippen molar-refractivity contribution in [3.05, 3.63) is 65.9 Å². The number of rotatable bonds is 7. The van der Waals surface area contributed by atoms with E-state index in [9.17, 15) is 9.59 Å². The molecule has 1 aliphatic carbocycles. The van der Waals surface area contributed by atoms with Crippen molar-refractivity contribution < 1.29 is 9.59 Å². The molecule has 1 saturated carbocycles. The van der Waals surface area contributed by atoms with E-state index in [0.29, 0.717) is 5.95 Å². The van der Waals surface area contributed by atoms with E-state index in [1.165, 1.54) is 5.56 Å². The minimum Gasteiger partial charge on any atom is -0.330 e. The third-order valence-electron chi connectivity index (χ3n) is 5.87. The maximum Gasteiger partial charge on any atom is 0.246 e. The molecule has 1 fully saturated rings. The van der Waals surface area contributed by atoms with Crippen LogP contribution < -0.4 is 5.32 Å². The summed E-state index contributed by atoms with van der Waals surface area (Å²) in [5, 5.41) is 2.96. The molecule has 0 radical (unpaired) electrons. The summed E-state index contributed by atoms with van der Waals surface area (Å²) < 4.78 is 1.90. The van der Waals surface area contributed by atoms with Gasteiger partial charge in [0, 0.05) is 29.4 Å². The summed E-state index contributed by atoms with van der Waals surface area (Å²) in [6, 6.07) is 16.2. The van der Waals surface area contributed by atoms with Gasteiger partial charge in [0.2, 0.25) is 17.8 Å². The molecule has 0 aliphatic heterocycles. The van der Waals surface area contributed by atoms with Crippen molar-refractivity contribution in [2.75, 3.05) is 11.9 Å². The molecule has 3 aromatic rings. The lowest BCUT2D eigenvalue weighted by Gasteiger charge is -2.23. The average molecular weight is 431 g/mol. The Hall–Kier alpha value is -3.41. The third-order valence-corrected chi connectivity index (χ3v) is 5.87. The molecule has 6 heteroatoms. The molecule has 2 aromatic carbocycles. The highest BCUT2D eigenvalue weighted by Crippen LogP contribution is 2.29. The summed E-state index contributed by atoms with van der Waals surface area (Å²) in [4.78, 5) is 32.0. The SMILES string of the molecule is Cc1ccc(-n2cc(-c3ccccc3)nc2NC(=O)CN(C(=O)C(C)C)C2CC2)cc1C. The van der Waals surface area contributed by atoms with Gasteiger partial charge < -0.3 is 4.90 Å². The summed E-state index contributed by atoms with van der Waals surface area (Å²) in [7, 11) is 0. The van der Waals surface area contributed by atoms with E-state index < -0.39 is 0 Å². The summed E-state index contributed by atoms with van der Waals surface area (Å²) in [5.74, 6) is 0.0989. The Balaban J connectivity index is 1.64. The number of aryl methyl sites for hydroxylation is 2. The molecule has 0 saturated heterocycles. The third kappa shape index (κ3) is 4.74. The fraction of sp³-hybridized carbons (Fsp3) is 0.346. The standard InChI is InChI=1S/C26H30N4O2/c1-17(2)25(32)29(21-12-13-21)16-24(31)28-26-27-23(20-8-6-5-7-9-20)15-30(26)22-11-10-18(3)19(4)14-22/h5-11,14-15,17,21H,12-13,16H2,1-4H3,(H,27,28,31). The second-order valence-electron chi connectivity index (χ2n) is 8.85. The van der Waals surface area contributed by atoms with Crippen molar-refractivity contribution in [3.63, 3.8) is 0 Å². The lowest BCUT2D eigenvalue weighted by molar-refractivity contribution is -0.138. The van der Waals surface area contributed by atoms with Crippen LogP contribution in [0, 0.1) is 19.8 Å². The number of carbonyl (C=O) groups excluding carboxylic acids is 2. The summed E-state index contributed by atoms with van der Waals surface area (Å²) >= 11 is 0. The van der Waals surface area contributed by atoms with E-state index in [0.717, 1.165) is 35.3 Å². The zero-order valence-electron chi connectivity index (χ0n) is 19.1. The first-order chi connectivity index (χ1) is 15.3. The Bertz CT molecular complexity index is 1130. The Morgan fingerprint density at radius 1 is 1.09 bits per heavy atom. The largest absolute Gasteiger partial charge is 0.330 e. The van der Waals surface area contributed by atoms with Gasteiger partial charge in [-0.1, -0.05) is 50.2 Å². The molecule has 166 valence electrons. The van der Waals surface area contributed by atoms with Gasteiger partial charge >= 0.3 is 0 Å². The van der Waals surface area contributed by atoms with Crippen molar-refractivity contribution in [2.24, 2.45) is 5.92 Å². The van der Waals surface area contributed by atoms with E-state index in [1.807, 2.05) is 61.0 Å². The molecule has 0 atom stereocenters. The molecule has 2 amide bonds. The van der Waals surface area contributed by atoms with Crippen LogP contribution in [0.5, 0.6) is 0 Å². The molecular weight excluding hydrogens is 400 g/mol. The van der Waals surface area contributed by atoms with Crippen molar-refractivity contribution in [1.82, 2.24) is 14.5 Å². The Morgan fingerprint density at radius 3 is 2.44 bits per heavy atom. The molecule has 32 heavy (non-hydrogen) atoms. The highest BCUT2D eigenvalue weighted by Gasteiger charge is 2.34. The summed E-state index contributed by atoms with van der Waals surface area (Å²) in [6.45, 7) is 7.92. The van der Waals surface area contributed by atoms with Gasteiger partial charge in [-0.15, -0.1) is 0 Å². The predicted octanol–water partition coefficient (Wildman–Crippen LogP) is 4.74. The van der Waals surface area contributed by atoms with Gasteiger partial charge in [0.1, 0.15) is 6.54 Å². The molecular formula is C26H30N4O2. The van der Waals surface area contributed by atoms with Gasteiger partial charge in [-0.3, -0.25) is 19.5 Å². The fourth-order valence-electron chi connectivity index (χ4n) is 3.71. The highest BCUT2D eigenvalue weighted by molar-refractivity contribution is 5.94. The minimum atomic E-state index is -0.235. The van der Waals surface area contributed by atoms with Crippen LogP contribution in [0.3, 0.4) is 0 Å². The predicted molar refractivity (Wildman–Crippen MR) is 127 cm³/mol. The zero-order valence-corrected chi connectivity index (χ0v) is 19.1. The highest BCUT2D eigenvalue weighted by atomic mass is 16.2. The summed E-state index contributed by atoms with van der Waals surface area (Å²) in [6.07, 6.45) is 3.86. The van der Waals surface area contributed by atoms with Crippen molar-refractivity contribution >= 4 is 17.8 Å². The number of carbonyl (C=O) groups is 2. The topological polar surface area (TPSA) is 67.2 Å². The van der Waals surface area contributed by atoms with E-state index in [-0.39, 0.29) is 30.3 Å². The minimum absolute atomic E-state index is 0.0186. The maximum atomic E-state index is 13.0. The number of nitrogens with zero attached hydrogens (tertiary/aromatic N) is 3. The number of amides is 2. The molecule has 1 heterocycles. The number of aromatic nitrogens is 2. The fourth-order valence-corrected chi connectivity index (χ4v) is 3.71. The van der Waals surface area contributed by atoms with Crippen LogP contribution in [-0.4, -0.2) is 38.9 Å². The number of hydrogen-bond donors (Lipinski definition) is 1. The first kappa shape index (κ1) is 21.8. The van der Waals surface area contributed by atoms with Gasteiger partial charge in [-0.05, 0) is 49.9 Å². The van der Waals surface area contributed by atoms with Crippen molar-refractivity contribution in [3.8, 4) is 16.9 Å². The van der Waals surface area contributed by atoms with E-state index >= 15 is 0 Å². The van der Waals surface area contributed by atoms with Crippen LogP contribution in [-0.2, 0) is 9.59 Å². The Labute approximate surface area is 189 Å². The van der Waals surface area contributed by atoms with Gasteiger partial charge in [0.05, 0.1) is 5.69 Å². The molecule has 1 aliphatic rings. The maximum absolute atomic E-state index is 13.0. The zero-order chi connectivity index (χ0) is 22.8. The number of nitrogens with one attached hydrogen (secondary N) is 1.